The van der Waals surface area contributed by atoms with Crippen LogP contribution in [0.2, 0.25) is 0 Å². The second kappa shape index (κ2) is 11.0. The van der Waals surface area contributed by atoms with Crippen LogP contribution in [0, 0.1) is 5.82 Å². The van der Waals surface area contributed by atoms with Crippen molar-refractivity contribution in [2.75, 3.05) is 0 Å². The van der Waals surface area contributed by atoms with Crippen LogP contribution >= 0.6 is 0 Å². The summed E-state index contributed by atoms with van der Waals surface area (Å²) in [6.07, 6.45) is 0.0108. The van der Waals surface area contributed by atoms with Crippen LogP contribution < -0.4 is 10.6 Å². The Morgan fingerprint density at radius 1 is 0.848 bits per heavy atom. The van der Waals surface area contributed by atoms with E-state index in [-0.39, 0.29) is 6.42 Å². The minimum Gasteiger partial charge on any atom is -0.480 e. The molecule has 0 aliphatic heterocycles. The zero-order valence-corrected chi connectivity index (χ0v) is 18.1. The average Bonchev–Trinajstić information content (AvgIpc) is 2.79. The number of carbonyl (C=O) groups is 3. The average molecular weight is 448 g/mol. The van der Waals surface area contributed by atoms with Crippen molar-refractivity contribution in [2.45, 2.75) is 31.3 Å². The van der Waals surface area contributed by atoms with E-state index in [0.717, 1.165) is 11.1 Å². The van der Waals surface area contributed by atoms with Crippen molar-refractivity contribution >= 4 is 17.8 Å². The molecule has 0 radical (unpaired) electrons. The van der Waals surface area contributed by atoms with E-state index in [9.17, 15) is 23.9 Å². The second-order valence-electron chi connectivity index (χ2n) is 7.71. The molecule has 0 fully saturated rings. The highest BCUT2D eigenvalue weighted by Gasteiger charge is 2.34. The zero-order chi connectivity index (χ0) is 23.8. The molecule has 0 aromatic heterocycles. The predicted molar refractivity (Wildman–Crippen MR) is 122 cm³/mol. The molecule has 7 heteroatoms. The maximum atomic E-state index is 13.6. The van der Waals surface area contributed by atoms with Gasteiger partial charge in [0.15, 0.2) is 0 Å². The maximum Gasteiger partial charge on any atom is 0.327 e. The first-order valence-corrected chi connectivity index (χ1v) is 10.5. The van der Waals surface area contributed by atoms with Gasteiger partial charge >= 0.3 is 5.97 Å². The molecule has 6 nitrogen and oxygen atoms in total. The first-order valence-electron chi connectivity index (χ1n) is 10.5. The van der Waals surface area contributed by atoms with E-state index in [0.29, 0.717) is 5.56 Å². The normalized spacial score (nSPS) is 12.6. The highest BCUT2D eigenvalue weighted by molar-refractivity contribution is 5.90. The molecule has 3 aromatic carbocycles. The Hall–Kier alpha value is -4.00. The molecule has 0 aliphatic carbocycles. The predicted octanol–water partition coefficient (Wildman–Crippen LogP) is 3.27. The summed E-state index contributed by atoms with van der Waals surface area (Å²) in [5.41, 5.74) is 1.94. The van der Waals surface area contributed by atoms with Gasteiger partial charge in [-0.3, -0.25) is 9.59 Å². The number of halogens is 1. The fraction of sp³-hybridized carbons (Fsp3) is 0.192. The first-order chi connectivity index (χ1) is 15.8. The number of aliphatic carboxylic acids is 1. The van der Waals surface area contributed by atoms with Crippen molar-refractivity contribution in [2.24, 2.45) is 0 Å². The largest absolute Gasteiger partial charge is 0.480 e. The Labute approximate surface area is 191 Å². The lowest BCUT2D eigenvalue weighted by Crippen LogP contribution is -2.54. The van der Waals surface area contributed by atoms with E-state index in [1.54, 1.807) is 54.6 Å². The Kier molecular flexibility index (Phi) is 7.91. The van der Waals surface area contributed by atoms with E-state index < -0.39 is 41.6 Å². The molecule has 3 aromatic rings. The topological polar surface area (TPSA) is 95.5 Å². The molecular formula is C26H25FN2O4. The van der Waals surface area contributed by atoms with E-state index in [1.165, 1.54) is 25.1 Å². The molecule has 2 amide bonds. The fourth-order valence-electron chi connectivity index (χ4n) is 3.79. The summed E-state index contributed by atoms with van der Waals surface area (Å²) >= 11 is 0. The number of nitrogens with one attached hydrogen (secondary N) is 2. The van der Waals surface area contributed by atoms with Crippen LogP contribution in [-0.2, 0) is 20.8 Å². The number of benzene rings is 3. The molecule has 3 rings (SSSR count). The molecule has 0 heterocycles. The monoisotopic (exact) mass is 448 g/mol. The van der Waals surface area contributed by atoms with Gasteiger partial charge in [-0.1, -0.05) is 72.8 Å². The van der Waals surface area contributed by atoms with E-state index in [4.69, 9.17) is 0 Å². The number of carbonyl (C=O) groups excluding carboxylic acids is 2. The van der Waals surface area contributed by atoms with Crippen molar-refractivity contribution in [3.63, 3.8) is 0 Å². The van der Waals surface area contributed by atoms with Gasteiger partial charge in [-0.25, -0.2) is 9.18 Å². The lowest BCUT2D eigenvalue weighted by atomic mass is 9.84. The van der Waals surface area contributed by atoms with Gasteiger partial charge in [0.2, 0.25) is 11.8 Å². The molecule has 0 bridgehead atoms. The Bertz CT molecular complexity index is 1070. The van der Waals surface area contributed by atoms with Crippen LogP contribution in [-0.4, -0.2) is 35.0 Å². The van der Waals surface area contributed by atoms with Crippen LogP contribution in [0.5, 0.6) is 0 Å². The fourth-order valence-corrected chi connectivity index (χ4v) is 3.79. The molecule has 3 N–H and O–H groups in total. The lowest BCUT2D eigenvalue weighted by Gasteiger charge is -2.28. The molecule has 0 saturated heterocycles. The van der Waals surface area contributed by atoms with Gasteiger partial charge < -0.3 is 15.7 Å². The Balaban J connectivity index is 1.92. The summed E-state index contributed by atoms with van der Waals surface area (Å²) in [7, 11) is 0. The molecule has 0 aliphatic rings. The molecule has 33 heavy (non-hydrogen) atoms. The highest BCUT2D eigenvalue weighted by Crippen LogP contribution is 2.28. The van der Waals surface area contributed by atoms with Gasteiger partial charge in [0.1, 0.15) is 17.9 Å². The van der Waals surface area contributed by atoms with Crippen LogP contribution in [0.1, 0.15) is 29.5 Å². The van der Waals surface area contributed by atoms with Gasteiger partial charge in [0, 0.05) is 19.3 Å². The van der Waals surface area contributed by atoms with Gasteiger partial charge in [-0.05, 0) is 28.8 Å². The minimum atomic E-state index is -1.30. The third kappa shape index (κ3) is 6.49. The van der Waals surface area contributed by atoms with Crippen LogP contribution in [0.4, 0.5) is 4.39 Å². The van der Waals surface area contributed by atoms with Gasteiger partial charge in [-0.15, -0.1) is 0 Å². The smallest absolute Gasteiger partial charge is 0.327 e. The minimum absolute atomic E-state index is 0.0108. The molecule has 170 valence electrons. The first kappa shape index (κ1) is 23.7. The Morgan fingerprint density at radius 3 is 1.91 bits per heavy atom. The molecule has 0 spiro atoms. The molecule has 2 atom stereocenters. The molecule has 0 saturated carbocycles. The van der Waals surface area contributed by atoms with Gasteiger partial charge in [0.25, 0.3) is 0 Å². The highest BCUT2D eigenvalue weighted by atomic mass is 19.1. The maximum absolute atomic E-state index is 13.6. The SMILES string of the molecule is CC(=O)N[C@H](Cc1cccc(F)c1)C(=O)N[C@H](C(=O)O)C(c1ccccc1)c1ccccc1. The van der Waals surface area contributed by atoms with Crippen molar-refractivity contribution in [3.8, 4) is 0 Å². The number of carboxylic acid groups (broad SMARTS) is 1. The Morgan fingerprint density at radius 2 is 1.42 bits per heavy atom. The summed E-state index contributed by atoms with van der Waals surface area (Å²) in [5.74, 6) is -3.47. The number of amides is 2. The van der Waals surface area contributed by atoms with Crippen LogP contribution in [0.3, 0.4) is 0 Å². The molecular weight excluding hydrogens is 423 g/mol. The third-order valence-electron chi connectivity index (χ3n) is 5.24. The summed E-state index contributed by atoms with van der Waals surface area (Å²) in [6.45, 7) is 1.26. The number of carboxylic acids is 1. The van der Waals surface area contributed by atoms with Crippen molar-refractivity contribution in [1.29, 1.82) is 0 Å². The van der Waals surface area contributed by atoms with E-state index >= 15 is 0 Å². The number of hydrogen-bond donors (Lipinski definition) is 3. The number of hydrogen-bond acceptors (Lipinski definition) is 3. The summed E-state index contributed by atoms with van der Waals surface area (Å²) < 4.78 is 13.6. The summed E-state index contributed by atoms with van der Waals surface area (Å²) in [5, 5.41) is 15.2. The standard InChI is InChI=1S/C26H25FN2O4/c1-17(30)28-22(16-18-9-8-14-21(27)15-18)25(31)29-24(26(32)33)23(19-10-4-2-5-11-19)20-12-6-3-7-13-20/h2-15,22-24H,16H2,1H3,(H,28,30)(H,29,31)(H,32,33)/t22-,24+/m1/s1. The van der Waals surface area contributed by atoms with Crippen molar-refractivity contribution in [3.05, 3.63) is 107 Å². The van der Waals surface area contributed by atoms with Gasteiger partial charge in [0.05, 0.1) is 0 Å². The van der Waals surface area contributed by atoms with Crippen LogP contribution in [0.15, 0.2) is 84.9 Å². The van der Waals surface area contributed by atoms with E-state index in [2.05, 4.69) is 10.6 Å². The lowest BCUT2D eigenvalue weighted by molar-refractivity contribution is -0.142. The number of rotatable bonds is 9. The van der Waals surface area contributed by atoms with Crippen LogP contribution in [0.25, 0.3) is 0 Å². The second-order valence-corrected chi connectivity index (χ2v) is 7.71. The summed E-state index contributed by atoms with van der Waals surface area (Å²) in [6, 6.07) is 21.4. The summed E-state index contributed by atoms with van der Waals surface area (Å²) in [4.78, 5) is 37.2. The molecule has 0 unspecified atom stereocenters. The third-order valence-corrected chi connectivity index (χ3v) is 5.24. The van der Waals surface area contributed by atoms with E-state index in [1.807, 2.05) is 12.1 Å². The van der Waals surface area contributed by atoms with Crippen molar-refractivity contribution < 1.29 is 23.9 Å². The van der Waals surface area contributed by atoms with Gasteiger partial charge in [-0.2, -0.15) is 0 Å². The zero-order valence-electron chi connectivity index (χ0n) is 18.1. The quantitative estimate of drug-likeness (QED) is 0.468. The van der Waals surface area contributed by atoms with Crippen molar-refractivity contribution in [1.82, 2.24) is 10.6 Å².